The Morgan fingerprint density at radius 3 is 2.32 bits per heavy atom. The fraction of sp³-hybridized carbons (Fsp3) is 0.368. The van der Waals surface area contributed by atoms with Crippen LogP contribution >= 0.6 is 0 Å². The Balaban J connectivity index is 1.68. The zero-order valence-electron chi connectivity index (χ0n) is 14.6. The molecule has 0 radical (unpaired) electrons. The molecule has 0 bridgehead atoms. The third-order valence-electron chi connectivity index (χ3n) is 4.65. The first-order valence-electron chi connectivity index (χ1n) is 8.43. The van der Waals surface area contributed by atoms with E-state index < -0.39 is 10.0 Å². The van der Waals surface area contributed by atoms with Crippen molar-refractivity contribution in [3.63, 3.8) is 0 Å². The van der Waals surface area contributed by atoms with E-state index in [-0.39, 0.29) is 6.04 Å². The largest absolute Gasteiger partial charge is 0.497 e. The first-order valence-corrected chi connectivity index (χ1v) is 9.87. The van der Waals surface area contributed by atoms with E-state index in [1.165, 1.54) is 5.56 Å². The number of sulfonamides is 1. The average Bonchev–Trinajstić information content (AvgIpc) is 2.64. The monoisotopic (exact) mass is 360 g/mol. The highest BCUT2D eigenvalue weighted by atomic mass is 32.2. The molecule has 5 nitrogen and oxygen atoms in total. The molecule has 2 aromatic carbocycles. The van der Waals surface area contributed by atoms with Crippen LogP contribution in [0.25, 0.3) is 0 Å². The molecule has 6 heteroatoms. The molecule has 1 atom stereocenters. The van der Waals surface area contributed by atoms with Gasteiger partial charge in [0.25, 0.3) is 0 Å². The van der Waals surface area contributed by atoms with E-state index in [2.05, 4.69) is 24.0 Å². The molecule has 0 N–H and O–H groups in total. The van der Waals surface area contributed by atoms with Crippen LogP contribution in [0.15, 0.2) is 59.5 Å². The molecule has 1 aliphatic heterocycles. The number of methoxy groups -OCH3 is 1. The van der Waals surface area contributed by atoms with Crippen LogP contribution in [0.1, 0.15) is 12.5 Å². The number of rotatable bonds is 5. The molecule has 1 heterocycles. The number of nitrogens with zero attached hydrogens (tertiary/aromatic N) is 2. The normalized spacial score (nSPS) is 19.7. The van der Waals surface area contributed by atoms with Crippen molar-refractivity contribution in [3.8, 4) is 5.75 Å². The zero-order chi connectivity index (χ0) is 17.9. The topological polar surface area (TPSA) is 49.9 Å². The van der Waals surface area contributed by atoms with Crippen LogP contribution < -0.4 is 4.74 Å². The summed E-state index contributed by atoms with van der Waals surface area (Å²) in [5.41, 5.74) is 1.25. The van der Waals surface area contributed by atoms with Gasteiger partial charge in [-0.2, -0.15) is 4.31 Å². The summed E-state index contributed by atoms with van der Waals surface area (Å²) < 4.78 is 32.4. The minimum absolute atomic E-state index is 0.168. The summed E-state index contributed by atoms with van der Waals surface area (Å²) in [5.74, 6) is 0.653. The third-order valence-corrected chi connectivity index (χ3v) is 6.53. The van der Waals surface area contributed by atoms with Crippen LogP contribution in [0, 0.1) is 0 Å². The maximum absolute atomic E-state index is 12.9. The summed E-state index contributed by atoms with van der Waals surface area (Å²) >= 11 is 0. The van der Waals surface area contributed by atoms with Gasteiger partial charge >= 0.3 is 0 Å². The van der Waals surface area contributed by atoms with Gasteiger partial charge in [0, 0.05) is 32.2 Å². The molecule has 3 rings (SSSR count). The molecule has 1 saturated heterocycles. The van der Waals surface area contributed by atoms with E-state index in [1.807, 2.05) is 18.2 Å². The van der Waals surface area contributed by atoms with E-state index in [0.717, 1.165) is 13.1 Å². The maximum atomic E-state index is 12.9. The molecule has 1 fully saturated rings. The van der Waals surface area contributed by atoms with Crippen molar-refractivity contribution in [2.45, 2.75) is 24.4 Å². The summed E-state index contributed by atoms with van der Waals surface area (Å²) in [6, 6.07) is 17.0. The number of benzene rings is 2. The molecule has 0 aliphatic carbocycles. The van der Waals surface area contributed by atoms with E-state index in [9.17, 15) is 8.42 Å². The van der Waals surface area contributed by atoms with E-state index in [4.69, 9.17) is 4.74 Å². The second kappa shape index (κ2) is 7.56. The minimum Gasteiger partial charge on any atom is -0.497 e. The lowest BCUT2D eigenvalue weighted by Gasteiger charge is -2.39. The lowest BCUT2D eigenvalue weighted by molar-refractivity contribution is 0.122. The van der Waals surface area contributed by atoms with Crippen molar-refractivity contribution < 1.29 is 13.2 Å². The van der Waals surface area contributed by atoms with E-state index in [0.29, 0.717) is 23.7 Å². The van der Waals surface area contributed by atoms with Crippen LogP contribution in [-0.2, 0) is 16.6 Å². The van der Waals surface area contributed by atoms with Gasteiger partial charge in [0.05, 0.1) is 12.0 Å². The van der Waals surface area contributed by atoms with Gasteiger partial charge in [-0.05, 0) is 36.8 Å². The van der Waals surface area contributed by atoms with Gasteiger partial charge in [-0.1, -0.05) is 30.3 Å². The molecule has 0 spiro atoms. The van der Waals surface area contributed by atoms with E-state index >= 15 is 0 Å². The zero-order valence-corrected chi connectivity index (χ0v) is 15.4. The van der Waals surface area contributed by atoms with Crippen molar-refractivity contribution in [3.05, 3.63) is 60.2 Å². The van der Waals surface area contributed by atoms with Gasteiger partial charge in [-0.3, -0.25) is 4.90 Å². The highest BCUT2D eigenvalue weighted by molar-refractivity contribution is 7.89. The summed E-state index contributed by atoms with van der Waals surface area (Å²) in [7, 11) is -1.90. The molecular formula is C19H24N2O3S. The quantitative estimate of drug-likeness (QED) is 0.822. The molecule has 0 saturated carbocycles. The van der Waals surface area contributed by atoms with Crippen molar-refractivity contribution in [2.24, 2.45) is 0 Å². The van der Waals surface area contributed by atoms with Gasteiger partial charge in [0.15, 0.2) is 0 Å². The highest BCUT2D eigenvalue weighted by Gasteiger charge is 2.32. The van der Waals surface area contributed by atoms with Gasteiger partial charge in [-0.15, -0.1) is 0 Å². The third kappa shape index (κ3) is 4.03. The smallest absolute Gasteiger partial charge is 0.243 e. The van der Waals surface area contributed by atoms with Crippen molar-refractivity contribution >= 4 is 10.0 Å². The molecular weight excluding hydrogens is 336 g/mol. The second-order valence-electron chi connectivity index (χ2n) is 6.34. The molecule has 0 aromatic heterocycles. The van der Waals surface area contributed by atoms with Gasteiger partial charge in [-0.25, -0.2) is 8.42 Å². The molecule has 1 unspecified atom stereocenters. The van der Waals surface area contributed by atoms with Crippen LogP contribution in [-0.4, -0.2) is 50.4 Å². The molecule has 2 aromatic rings. The summed E-state index contributed by atoms with van der Waals surface area (Å²) in [5, 5.41) is 0. The number of hydrogen-bond donors (Lipinski definition) is 0. The average molecular weight is 360 g/mol. The molecule has 0 amide bonds. The fourth-order valence-corrected chi connectivity index (χ4v) is 4.64. The lowest BCUT2D eigenvalue weighted by Crippen LogP contribution is -2.53. The predicted molar refractivity (Wildman–Crippen MR) is 98.1 cm³/mol. The van der Waals surface area contributed by atoms with Crippen LogP contribution in [0.3, 0.4) is 0 Å². The van der Waals surface area contributed by atoms with Crippen molar-refractivity contribution in [1.29, 1.82) is 0 Å². The molecule has 25 heavy (non-hydrogen) atoms. The Kier molecular flexibility index (Phi) is 5.42. The lowest BCUT2D eigenvalue weighted by atomic mass is 10.1. The van der Waals surface area contributed by atoms with E-state index in [1.54, 1.807) is 35.7 Å². The predicted octanol–water partition coefficient (Wildman–Crippen LogP) is 2.59. The maximum Gasteiger partial charge on any atom is 0.243 e. The van der Waals surface area contributed by atoms with Gasteiger partial charge < -0.3 is 4.74 Å². The summed E-state index contributed by atoms with van der Waals surface area (Å²) in [6.07, 6.45) is 0. The molecule has 134 valence electrons. The number of ether oxygens (including phenoxy) is 1. The number of piperazine rings is 1. The van der Waals surface area contributed by atoms with Crippen molar-refractivity contribution in [2.75, 3.05) is 26.7 Å². The van der Waals surface area contributed by atoms with Crippen LogP contribution in [0.4, 0.5) is 0 Å². The first kappa shape index (κ1) is 17.9. The Hall–Kier alpha value is -1.89. The summed E-state index contributed by atoms with van der Waals surface area (Å²) in [6.45, 7) is 4.66. The van der Waals surface area contributed by atoms with Gasteiger partial charge in [0.1, 0.15) is 5.75 Å². The Morgan fingerprint density at radius 2 is 1.72 bits per heavy atom. The molecule has 1 aliphatic rings. The Morgan fingerprint density at radius 1 is 1.04 bits per heavy atom. The fourth-order valence-electron chi connectivity index (χ4n) is 3.13. The SMILES string of the molecule is COc1ccc(S(=O)(=O)N2CCN(Cc3ccccc3)C(C)C2)cc1. The highest BCUT2D eigenvalue weighted by Crippen LogP contribution is 2.23. The number of hydrogen-bond acceptors (Lipinski definition) is 4. The second-order valence-corrected chi connectivity index (χ2v) is 8.28. The first-order chi connectivity index (χ1) is 12.0. The minimum atomic E-state index is -3.47. The van der Waals surface area contributed by atoms with Crippen LogP contribution in [0.5, 0.6) is 5.75 Å². The standard InChI is InChI=1S/C19H24N2O3S/c1-16-14-21(13-12-20(16)15-17-6-4-3-5-7-17)25(22,23)19-10-8-18(24-2)9-11-19/h3-11,16H,12-15H2,1-2H3. The van der Waals surface area contributed by atoms with Crippen LogP contribution in [0.2, 0.25) is 0 Å². The Labute approximate surface area is 149 Å². The Bertz CT molecular complexity index is 791. The van der Waals surface area contributed by atoms with Crippen molar-refractivity contribution in [1.82, 2.24) is 9.21 Å². The van der Waals surface area contributed by atoms with Gasteiger partial charge in [0.2, 0.25) is 10.0 Å². The summed E-state index contributed by atoms with van der Waals surface area (Å²) in [4.78, 5) is 2.65.